The molecule has 1 atom stereocenters. The molecule has 0 fully saturated rings. The second kappa shape index (κ2) is 15.6. The highest BCUT2D eigenvalue weighted by molar-refractivity contribution is 7.50. The van der Waals surface area contributed by atoms with Crippen molar-refractivity contribution >= 4 is 7.75 Å². The van der Waals surface area contributed by atoms with Crippen LogP contribution in [0, 0.1) is 0 Å². The van der Waals surface area contributed by atoms with Gasteiger partial charge in [-0.25, -0.2) is 9.24 Å². The van der Waals surface area contributed by atoms with Gasteiger partial charge < -0.3 is 4.89 Å². The minimum atomic E-state index is -3.62. The average molecular weight is 349 g/mol. The van der Waals surface area contributed by atoms with Crippen molar-refractivity contribution in [2.45, 2.75) is 97.8 Å². The molecule has 0 rings (SSSR count). The highest BCUT2D eigenvalue weighted by Gasteiger charge is 2.28. The Morgan fingerprint density at radius 3 is 1.61 bits per heavy atom. The van der Waals surface area contributed by atoms with Crippen LogP contribution in [0.15, 0.2) is 0 Å². The Labute approximate surface area is 144 Å². The van der Waals surface area contributed by atoms with Crippen molar-refractivity contribution in [2.75, 3.05) is 19.7 Å². The summed E-state index contributed by atoms with van der Waals surface area (Å²) < 4.78 is 19.6. The fourth-order valence-electron chi connectivity index (χ4n) is 2.60. The van der Waals surface area contributed by atoms with Crippen LogP contribution in [0.5, 0.6) is 0 Å². The number of hydrogen-bond donors (Lipinski definition) is 1. The topological polar surface area (TPSA) is 49.8 Å². The van der Waals surface area contributed by atoms with Crippen molar-refractivity contribution in [3.8, 4) is 0 Å². The summed E-state index contributed by atoms with van der Waals surface area (Å²) in [7, 11) is -3.62. The van der Waals surface area contributed by atoms with E-state index in [2.05, 4.69) is 20.8 Å². The molecule has 140 valence electrons. The Kier molecular flexibility index (Phi) is 15.7. The smallest absolute Gasteiger partial charge is 0.312 e. The standard InChI is InChI=1S/C18H40NO3P/c1-4-7-10-13-16-19(17-14-11-8-5-2)23(20,21)22-18-15-12-9-6-3/h4-18H2,1-3H3,(H,20,21). The van der Waals surface area contributed by atoms with Gasteiger partial charge in [0, 0.05) is 13.1 Å². The Morgan fingerprint density at radius 2 is 1.17 bits per heavy atom. The van der Waals surface area contributed by atoms with E-state index in [1.54, 1.807) is 4.67 Å². The van der Waals surface area contributed by atoms with Crippen molar-refractivity contribution < 1.29 is 14.0 Å². The first-order valence-electron chi connectivity index (χ1n) is 9.81. The molecular formula is C18H40NO3P. The van der Waals surface area contributed by atoms with E-state index in [1.165, 1.54) is 25.7 Å². The summed E-state index contributed by atoms with van der Waals surface area (Å²) in [6, 6.07) is 0. The summed E-state index contributed by atoms with van der Waals surface area (Å²) in [6.07, 6.45) is 13.2. The molecule has 0 saturated carbocycles. The molecule has 0 radical (unpaired) electrons. The summed E-state index contributed by atoms with van der Waals surface area (Å²) in [5.41, 5.74) is 0. The molecule has 0 amide bonds. The Balaban J connectivity index is 4.25. The molecule has 0 aromatic carbocycles. The lowest BCUT2D eigenvalue weighted by molar-refractivity contribution is 0.194. The van der Waals surface area contributed by atoms with E-state index in [0.29, 0.717) is 19.7 Å². The molecule has 1 N–H and O–H groups in total. The number of nitrogens with zero attached hydrogens (tertiary/aromatic N) is 1. The molecule has 0 aliphatic heterocycles. The van der Waals surface area contributed by atoms with Crippen LogP contribution in [0.4, 0.5) is 0 Å². The first kappa shape index (κ1) is 23.1. The first-order valence-corrected chi connectivity index (χ1v) is 11.3. The molecule has 23 heavy (non-hydrogen) atoms. The van der Waals surface area contributed by atoms with Gasteiger partial charge in [-0.15, -0.1) is 0 Å². The van der Waals surface area contributed by atoms with Gasteiger partial charge in [0.2, 0.25) is 0 Å². The largest absolute Gasteiger partial charge is 0.405 e. The van der Waals surface area contributed by atoms with Gasteiger partial charge in [0.25, 0.3) is 0 Å². The molecule has 0 aliphatic rings. The summed E-state index contributed by atoms with van der Waals surface area (Å²) >= 11 is 0. The summed E-state index contributed by atoms with van der Waals surface area (Å²) in [4.78, 5) is 10.3. The molecule has 0 spiro atoms. The van der Waals surface area contributed by atoms with E-state index in [9.17, 15) is 9.46 Å². The van der Waals surface area contributed by atoms with Crippen LogP contribution < -0.4 is 0 Å². The van der Waals surface area contributed by atoms with Gasteiger partial charge in [0.1, 0.15) is 0 Å². The highest BCUT2D eigenvalue weighted by Crippen LogP contribution is 2.46. The van der Waals surface area contributed by atoms with Crippen molar-refractivity contribution in [2.24, 2.45) is 0 Å². The summed E-state index contributed by atoms with van der Waals surface area (Å²) in [5, 5.41) is 0. The molecule has 0 saturated heterocycles. The Morgan fingerprint density at radius 1 is 0.739 bits per heavy atom. The predicted octanol–water partition coefficient (Wildman–Crippen LogP) is 6.15. The van der Waals surface area contributed by atoms with Gasteiger partial charge >= 0.3 is 7.75 Å². The molecular weight excluding hydrogens is 309 g/mol. The quantitative estimate of drug-likeness (QED) is 0.253. The Hall–Kier alpha value is 0.110. The van der Waals surface area contributed by atoms with Crippen LogP contribution in [0.3, 0.4) is 0 Å². The minimum Gasteiger partial charge on any atom is -0.312 e. The fraction of sp³-hybridized carbons (Fsp3) is 1.00. The number of hydrogen-bond acceptors (Lipinski definition) is 2. The Bertz CT molecular complexity index is 288. The fourth-order valence-corrected chi connectivity index (χ4v) is 3.92. The molecule has 1 unspecified atom stereocenters. The molecule has 0 aromatic heterocycles. The van der Waals surface area contributed by atoms with Crippen LogP contribution in [0.25, 0.3) is 0 Å². The second-order valence-corrected chi connectivity index (χ2v) is 8.26. The monoisotopic (exact) mass is 349 g/mol. The lowest BCUT2D eigenvalue weighted by Gasteiger charge is -2.26. The lowest BCUT2D eigenvalue weighted by atomic mass is 10.2. The minimum absolute atomic E-state index is 0.397. The van der Waals surface area contributed by atoms with Crippen LogP contribution in [0.1, 0.15) is 97.8 Å². The molecule has 0 bridgehead atoms. The van der Waals surface area contributed by atoms with Crippen LogP contribution >= 0.6 is 7.75 Å². The summed E-state index contributed by atoms with van der Waals surface area (Å²) in [5.74, 6) is 0. The molecule has 5 heteroatoms. The normalized spacial score (nSPS) is 14.3. The number of rotatable bonds is 17. The van der Waals surface area contributed by atoms with E-state index in [0.717, 1.165) is 51.4 Å². The highest BCUT2D eigenvalue weighted by atomic mass is 31.2. The SMILES string of the molecule is CCCCCCOP(=O)(O)N(CCCCCC)CCCCCC. The number of unbranched alkanes of at least 4 members (excludes halogenated alkanes) is 9. The third kappa shape index (κ3) is 13.1. The van der Waals surface area contributed by atoms with E-state index in [1.807, 2.05) is 0 Å². The zero-order valence-corrected chi connectivity index (χ0v) is 16.7. The van der Waals surface area contributed by atoms with Gasteiger partial charge in [0.05, 0.1) is 6.61 Å². The van der Waals surface area contributed by atoms with Gasteiger partial charge in [-0.1, -0.05) is 78.6 Å². The molecule has 4 nitrogen and oxygen atoms in total. The van der Waals surface area contributed by atoms with Gasteiger partial charge in [-0.05, 0) is 19.3 Å². The third-order valence-corrected chi connectivity index (χ3v) is 5.79. The zero-order valence-electron chi connectivity index (χ0n) is 15.8. The molecule has 0 heterocycles. The van der Waals surface area contributed by atoms with E-state index in [4.69, 9.17) is 4.52 Å². The van der Waals surface area contributed by atoms with Crippen molar-refractivity contribution in [1.29, 1.82) is 0 Å². The van der Waals surface area contributed by atoms with Crippen molar-refractivity contribution in [3.05, 3.63) is 0 Å². The first-order chi connectivity index (χ1) is 11.1. The molecule has 0 aromatic rings. The van der Waals surface area contributed by atoms with E-state index >= 15 is 0 Å². The average Bonchev–Trinajstić information content (AvgIpc) is 2.53. The van der Waals surface area contributed by atoms with Crippen LogP contribution in [0.2, 0.25) is 0 Å². The van der Waals surface area contributed by atoms with Gasteiger partial charge in [-0.3, -0.25) is 4.52 Å². The lowest BCUT2D eigenvalue weighted by Crippen LogP contribution is -2.24. The predicted molar refractivity (Wildman–Crippen MR) is 99.8 cm³/mol. The maximum atomic E-state index is 12.5. The van der Waals surface area contributed by atoms with Crippen molar-refractivity contribution in [1.82, 2.24) is 4.67 Å². The van der Waals surface area contributed by atoms with Crippen molar-refractivity contribution in [3.63, 3.8) is 0 Å². The van der Waals surface area contributed by atoms with Crippen LogP contribution in [-0.2, 0) is 9.09 Å². The third-order valence-electron chi connectivity index (χ3n) is 4.15. The van der Waals surface area contributed by atoms with E-state index < -0.39 is 7.75 Å². The van der Waals surface area contributed by atoms with Crippen LogP contribution in [-0.4, -0.2) is 29.3 Å². The second-order valence-electron chi connectivity index (χ2n) is 6.46. The zero-order chi connectivity index (χ0) is 17.4. The molecule has 0 aliphatic carbocycles. The van der Waals surface area contributed by atoms with E-state index in [-0.39, 0.29) is 0 Å². The maximum absolute atomic E-state index is 12.5. The van der Waals surface area contributed by atoms with Gasteiger partial charge in [0.15, 0.2) is 0 Å². The van der Waals surface area contributed by atoms with Gasteiger partial charge in [-0.2, -0.15) is 0 Å². The summed E-state index contributed by atoms with van der Waals surface area (Å²) in [6.45, 7) is 8.27. The maximum Gasteiger partial charge on any atom is 0.405 e.